The van der Waals surface area contributed by atoms with Crippen LogP contribution < -0.4 is 9.62 Å². The largest absolute Gasteiger partial charge is 0.354 e. The lowest BCUT2D eigenvalue weighted by molar-refractivity contribution is -0.139. The van der Waals surface area contributed by atoms with Gasteiger partial charge in [-0.3, -0.25) is 13.9 Å². The Kier molecular flexibility index (Phi) is 9.67. The van der Waals surface area contributed by atoms with Crippen LogP contribution in [0.1, 0.15) is 51.7 Å². The maximum Gasteiger partial charge on any atom is 0.244 e. The molecule has 2 aromatic carbocycles. The van der Waals surface area contributed by atoms with Crippen molar-refractivity contribution in [3.8, 4) is 0 Å². The number of hydrogen-bond acceptors (Lipinski definition) is 4. The Morgan fingerprint density at radius 3 is 2.00 bits per heavy atom. The van der Waals surface area contributed by atoms with Crippen molar-refractivity contribution in [3.63, 3.8) is 0 Å². The van der Waals surface area contributed by atoms with E-state index < -0.39 is 28.5 Å². The number of benzene rings is 2. The smallest absolute Gasteiger partial charge is 0.244 e. The van der Waals surface area contributed by atoms with Crippen LogP contribution in [0.4, 0.5) is 5.69 Å². The summed E-state index contributed by atoms with van der Waals surface area (Å²) < 4.78 is 26.3. The standard InChI is InChI=1S/C26H37N3O4S/c1-19(2)16-27-26(31)21(5)28(17-22-10-8-7-9-11-22)25(30)18-29(34(6,32)33)24-14-12-23(13-15-24)20(3)4/h7-15,19-21H,16-18H2,1-6H3,(H,27,31)/t21-/m1/s1. The normalized spacial score (nSPS) is 12.5. The summed E-state index contributed by atoms with van der Waals surface area (Å²) in [6, 6.07) is 15.7. The summed E-state index contributed by atoms with van der Waals surface area (Å²) in [5, 5.41) is 2.87. The van der Waals surface area contributed by atoms with E-state index in [-0.39, 0.29) is 18.4 Å². The lowest BCUT2D eigenvalue weighted by Crippen LogP contribution is -2.51. The number of carbonyl (C=O) groups is 2. The van der Waals surface area contributed by atoms with Gasteiger partial charge in [0.2, 0.25) is 21.8 Å². The molecule has 0 aromatic heterocycles. The molecule has 0 aliphatic rings. The van der Waals surface area contributed by atoms with Gasteiger partial charge < -0.3 is 10.2 Å². The monoisotopic (exact) mass is 487 g/mol. The van der Waals surface area contributed by atoms with E-state index in [4.69, 9.17) is 0 Å². The molecule has 0 heterocycles. The Morgan fingerprint density at radius 2 is 1.50 bits per heavy atom. The van der Waals surface area contributed by atoms with Crippen molar-refractivity contribution >= 4 is 27.5 Å². The first-order chi connectivity index (χ1) is 15.9. The lowest BCUT2D eigenvalue weighted by atomic mass is 10.0. The van der Waals surface area contributed by atoms with Gasteiger partial charge in [-0.2, -0.15) is 0 Å². The highest BCUT2D eigenvalue weighted by molar-refractivity contribution is 7.92. The third kappa shape index (κ3) is 7.87. The van der Waals surface area contributed by atoms with Gasteiger partial charge in [0.05, 0.1) is 11.9 Å². The minimum atomic E-state index is -3.73. The second-order valence-electron chi connectivity index (χ2n) is 9.34. The van der Waals surface area contributed by atoms with Gasteiger partial charge in [0.1, 0.15) is 12.6 Å². The predicted molar refractivity (Wildman–Crippen MR) is 137 cm³/mol. The Hall–Kier alpha value is -2.87. The molecule has 0 aliphatic heterocycles. The molecule has 0 bridgehead atoms. The first kappa shape index (κ1) is 27.4. The van der Waals surface area contributed by atoms with E-state index in [1.54, 1.807) is 19.1 Å². The van der Waals surface area contributed by atoms with Crippen molar-refractivity contribution in [1.82, 2.24) is 10.2 Å². The van der Waals surface area contributed by atoms with E-state index in [1.165, 1.54) is 4.90 Å². The van der Waals surface area contributed by atoms with Gasteiger partial charge in [-0.15, -0.1) is 0 Å². The molecule has 0 saturated heterocycles. The first-order valence-electron chi connectivity index (χ1n) is 11.6. The first-order valence-corrected chi connectivity index (χ1v) is 13.4. The van der Waals surface area contributed by atoms with Crippen LogP contribution in [0.5, 0.6) is 0 Å². The van der Waals surface area contributed by atoms with E-state index in [9.17, 15) is 18.0 Å². The average molecular weight is 488 g/mol. The molecule has 2 aromatic rings. The van der Waals surface area contributed by atoms with E-state index in [0.29, 0.717) is 18.2 Å². The Bertz CT molecular complexity index is 1050. The van der Waals surface area contributed by atoms with Crippen LogP contribution in [0.25, 0.3) is 0 Å². The maximum absolute atomic E-state index is 13.5. The quantitative estimate of drug-likeness (QED) is 0.523. The summed E-state index contributed by atoms with van der Waals surface area (Å²) >= 11 is 0. The van der Waals surface area contributed by atoms with E-state index >= 15 is 0 Å². The van der Waals surface area contributed by atoms with Crippen LogP contribution in [0.2, 0.25) is 0 Å². The number of anilines is 1. The van der Waals surface area contributed by atoms with E-state index in [1.807, 2.05) is 56.3 Å². The summed E-state index contributed by atoms with van der Waals surface area (Å²) in [6.07, 6.45) is 1.08. The second-order valence-corrected chi connectivity index (χ2v) is 11.2. The zero-order valence-corrected chi connectivity index (χ0v) is 21.8. The van der Waals surface area contributed by atoms with Crippen molar-refractivity contribution in [2.45, 2.75) is 53.1 Å². The minimum absolute atomic E-state index is 0.194. The fourth-order valence-corrected chi connectivity index (χ4v) is 4.30. The number of nitrogens with one attached hydrogen (secondary N) is 1. The molecule has 1 N–H and O–H groups in total. The molecule has 0 spiro atoms. The SMILES string of the molecule is CC(C)CNC(=O)[C@@H](C)N(Cc1ccccc1)C(=O)CN(c1ccc(C(C)C)cc1)S(C)(=O)=O. The van der Waals surface area contributed by atoms with E-state index in [0.717, 1.165) is 21.7 Å². The van der Waals surface area contributed by atoms with Crippen molar-refractivity contribution in [2.24, 2.45) is 5.92 Å². The van der Waals surface area contributed by atoms with Gasteiger partial charge in [-0.1, -0.05) is 70.2 Å². The number of sulfonamides is 1. The second kappa shape index (κ2) is 12.0. The van der Waals surface area contributed by atoms with E-state index in [2.05, 4.69) is 19.2 Å². The highest BCUT2D eigenvalue weighted by atomic mass is 32.2. The Labute approximate surface area is 204 Å². The molecular formula is C26H37N3O4S. The molecule has 0 saturated carbocycles. The van der Waals surface area contributed by atoms with Gasteiger partial charge in [0.25, 0.3) is 0 Å². The molecule has 0 fully saturated rings. The molecular weight excluding hydrogens is 450 g/mol. The molecule has 34 heavy (non-hydrogen) atoms. The van der Waals surface area contributed by atoms with Crippen molar-refractivity contribution in [1.29, 1.82) is 0 Å². The summed E-state index contributed by atoms with van der Waals surface area (Å²) in [7, 11) is -3.73. The summed E-state index contributed by atoms with van der Waals surface area (Å²) in [5.74, 6) is -0.155. The average Bonchev–Trinajstić information content (AvgIpc) is 2.78. The number of amides is 2. The molecule has 8 heteroatoms. The van der Waals surface area contributed by atoms with Gasteiger partial charge in [-0.05, 0) is 42.0 Å². The fraction of sp³-hybridized carbons (Fsp3) is 0.462. The summed E-state index contributed by atoms with van der Waals surface area (Å²) in [5.41, 5.74) is 2.34. The van der Waals surface area contributed by atoms with Crippen molar-refractivity contribution < 1.29 is 18.0 Å². The number of nitrogens with zero attached hydrogens (tertiary/aromatic N) is 2. The summed E-state index contributed by atoms with van der Waals surface area (Å²) in [6.45, 7) is 10.1. The van der Waals surface area contributed by atoms with Crippen LogP contribution in [0.15, 0.2) is 54.6 Å². The van der Waals surface area contributed by atoms with Crippen molar-refractivity contribution in [3.05, 3.63) is 65.7 Å². The van der Waals surface area contributed by atoms with Gasteiger partial charge >= 0.3 is 0 Å². The molecule has 0 unspecified atom stereocenters. The molecule has 7 nitrogen and oxygen atoms in total. The number of rotatable bonds is 11. The highest BCUT2D eigenvalue weighted by Gasteiger charge is 2.30. The molecule has 1 atom stereocenters. The van der Waals surface area contributed by atoms with Gasteiger partial charge in [0, 0.05) is 13.1 Å². The Morgan fingerprint density at radius 1 is 0.912 bits per heavy atom. The highest BCUT2D eigenvalue weighted by Crippen LogP contribution is 2.22. The molecule has 186 valence electrons. The third-order valence-corrected chi connectivity index (χ3v) is 6.72. The minimum Gasteiger partial charge on any atom is -0.354 e. The fourth-order valence-electron chi connectivity index (χ4n) is 3.45. The zero-order valence-electron chi connectivity index (χ0n) is 21.0. The Balaban J connectivity index is 2.33. The predicted octanol–water partition coefficient (Wildman–Crippen LogP) is 3.77. The lowest BCUT2D eigenvalue weighted by Gasteiger charge is -2.31. The van der Waals surface area contributed by atoms with Crippen LogP contribution in [-0.2, 0) is 26.2 Å². The topological polar surface area (TPSA) is 86.8 Å². The molecule has 2 amide bonds. The van der Waals surface area contributed by atoms with Crippen LogP contribution in [0.3, 0.4) is 0 Å². The maximum atomic E-state index is 13.5. The molecule has 2 rings (SSSR count). The zero-order chi connectivity index (χ0) is 25.5. The van der Waals surface area contributed by atoms with Crippen LogP contribution >= 0.6 is 0 Å². The third-order valence-electron chi connectivity index (χ3n) is 5.57. The molecule has 0 aliphatic carbocycles. The van der Waals surface area contributed by atoms with Gasteiger partial charge in [-0.25, -0.2) is 8.42 Å². The molecule has 0 radical (unpaired) electrons. The number of carbonyl (C=O) groups excluding carboxylic acids is 2. The number of hydrogen-bond donors (Lipinski definition) is 1. The summed E-state index contributed by atoms with van der Waals surface area (Å²) in [4.78, 5) is 27.7. The van der Waals surface area contributed by atoms with Gasteiger partial charge in [0.15, 0.2) is 0 Å². The van der Waals surface area contributed by atoms with Crippen molar-refractivity contribution in [2.75, 3.05) is 23.7 Å². The van der Waals surface area contributed by atoms with Crippen LogP contribution in [0, 0.1) is 5.92 Å². The van der Waals surface area contributed by atoms with Crippen LogP contribution in [-0.4, -0.2) is 50.5 Å².